The Hall–Kier alpha value is -2.77. The molecule has 0 amide bonds. The number of hydrogen-bond acceptors (Lipinski definition) is 9. The average molecular weight is 370 g/mol. The van der Waals surface area contributed by atoms with Crippen LogP contribution in [0.4, 0.5) is 0 Å². The molecule has 9 nitrogen and oxygen atoms in total. The maximum atomic E-state index is 11.1. The van der Waals surface area contributed by atoms with Crippen LogP contribution >= 0.6 is 0 Å². The van der Waals surface area contributed by atoms with Crippen LogP contribution in [-0.4, -0.2) is 43.4 Å². The quantitative estimate of drug-likeness (QED) is 0.421. The van der Waals surface area contributed by atoms with E-state index >= 15 is 0 Å². The smallest absolute Gasteiger partial charge is 0 e. The second-order valence-electron chi connectivity index (χ2n) is 3.61. The Morgan fingerprint density at radius 1 is 0.350 bits per heavy atom. The van der Waals surface area contributed by atoms with E-state index in [4.69, 9.17) is 0 Å². The zero-order valence-electron chi connectivity index (χ0n) is 8.84. The van der Waals surface area contributed by atoms with Gasteiger partial charge >= 0.3 is 90.0 Å². The molecule has 0 aromatic heterocycles. The van der Waals surface area contributed by atoms with Gasteiger partial charge in [-0.05, 0) is 0 Å². The van der Waals surface area contributed by atoms with Gasteiger partial charge in [-0.25, -0.2) is 0 Å². The van der Waals surface area contributed by atoms with Crippen LogP contribution in [0.15, 0.2) is 0 Å². The van der Waals surface area contributed by atoms with Crippen LogP contribution in [-0.2, 0) is 63.4 Å². The topological polar surface area (TPSA) is 154 Å². The Morgan fingerprint density at radius 2 is 0.450 bits per heavy atom. The fourth-order valence-corrected chi connectivity index (χ4v) is 2.06. The van der Waals surface area contributed by atoms with Crippen LogP contribution in [0, 0.1) is 0 Å². The van der Waals surface area contributed by atoms with E-state index in [0.717, 1.165) is 0 Å². The van der Waals surface area contributed by atoms with E-state index in [1.807, 2.05) is 0 Å². The molecule has 108 valence electrons. The zero-order valence-corrected chi connectivity index (χ0v) is 10.9. The summed E-state index contributed by atoms with van der Waals surface area (Å²) in [5.41, 5.74) is 0. The van der Waals surface area contributed by atoms with Crippen LogP contribution < -0.4 is 0 Å². The summed E-state index contributed by atoms with van der Waals surface area (Å²) in [5.74, 6) is 0. The molecule has 0 aliphatic heterocycles. The second-order valence-corrected chi connectivity index (χ2v) is 14.9. The first-order chi connectivity index (χ1) is 8.49. The van der Waals surface area contributed by atoms with E-state index in [-0.39, 0.29) is 60.2 Å². The predicted molar refractivity (Wildman–Crippen MR) is 51.2 cm³/mol. The summed E-state index contributed by atoms with van der Waals surface area (Å²) < 4.78 is -11.1. The minimum atomic E-state index is -11.1. The van der Waals surface area contributed by atoms with E-state index in [1.165, 1.54) is 0 Å². The van der Waals surface area contributed by atoms with Crippen molar-refractivity contribution in [2.75, 3.05) is 0 Å². The standard InChI is InChI=1S/9CO.2Co/c9*1-2;;. The first-order valence-corrected chi connectivity index (χ1v) is 8.02. The molecule has 0 saturated carbocycles. The van der Waals surface area contributed by atoms with E-state index in [2.05, 4.69) is 0 Å². The van der Waals surface area contributed by atoms with Crippen molar-refractivity contribution in [3.8, 4) is 0 Å². The van der Waals surface area contributed by atoms with Gasteiger partial charge in [-0.1, -0.05) is 0 Å². The van der Waals surface area contributed by atoms with Gasteiger partial charge in [-0.15, -0.1) is 0 Å². The molecule has 0 atom stereocenters. The summed E-state index contributed by atoms with van der Waals surface area (Å²) in [6.45, 7) is 0. The van der Waals surface area contributed by atoms with E-state index in [9.17, 15) is 43.2 Å². The van der Waals surface area contributed by atoms with E-state index in [1.54, 1.807) is 0 Å². The molecule has 0 spiro atoms. The third-order valence-corrected chi connectivity index (χ3v) is 10.1. The summed E-state index contributed by atoms with van der Waals surface area (Å²) in [6.07, 6.45) is 0. The van der Waals surface area contributed by atoms with Crippen LogP contribution in [0.3, 0.4) is 0 Å². The maximum Gasteiger partial charge on any atom is 0 e. The van der Waals surface area contributed by atoms with Gasteiger partial charge in [0.1, 0.15) is 0 Å². The molecule has 0 saturated heterocycles. The fraction of sp³-hybridized carbons (Fsp3) is 0. The molecule has 11 heteroatoms. The van der Waals surface area contributed by atoms with Gasteiger partial charge in [-0.3, -0.25) is 0 Å². The summed E-state index contributed by atoms with van der Waals surface area (Å²) in [4.78, 5) is 97.0. The Balaban J connectivity index is 0. The molecule has 20 heavy (non-hydrogen) atoms. The van der Waals surface area contributed by atoms with Gasteiger partial charge in [-0.2, -0.15) is 0 Å². The van der Waals surface area contributed by atoms with Crippen LogP contribution in [0.5, 0.6) is 0 Å². The molecule has 0 aliphatic carbocycles. The molecule has 0 unspecified atom stereocenters. The molecule has 0 aliphatic rings. The van der Waals surface area contributed by atoms with Crippen molar-refractivity contribution >= 4 is 43.4 Å². The van der Waals surface area contributed by atoms with Crippen molar-refractivity contribution in [1.29, 1.82) is 0 Å². The van der Waals surface area contributed by atoms with Crippen molar-refractivity contribution in [3.05, 3.63) is 0 Å². The molecule has 1 radical (unpaired) electrons. The van der Waals surface area contributed by atoms with Gasteiger partial charge in [0.15, 0.2) is 0 Å². The van der Waals surface area contributed by atoms with Crippen molar-refractivity contribution in [2.45, 2.75) is 0 Å². The molecule has 0 heterocycles. The molecule has 0 aromatic carbocycles. The Bertz CT molecular complexity index is 1770. The monoisotopic (exact) mass is 370 g/mol. The first kappa shape index (κ1) is 19.6. The maximum absolute atomic E-state index is 11.1. The normalized spacial score (nSPS) is 18.9. The summed E-state index contributed by atoms with van der Waals surface area (Å²) in [5, 5.41) is 0. The van der Waals surface area contributed by atoms with Crippen molar-refractivity contribution in [3.63, 3.8) is 0 Å². The SMILES string of the molecule is O=[C]=[Co](=[C]=O)(=[C]=O)(=[C]=O)(=[C]=O)(=[C]=O)(=[C]=O)(=[C]=O)=[C]=O.[Co]. The van der Waals surface area contributed by atoms with Gasteiger partial charge in [0.2, 0.25) is 0 Å². The van der Waals surface area contributed by atoms with Gasteiger partial charge in [0.05, 0.1) is 0 Å². The molecule has 0 bridgehead atoms. The van der Waals surface area contributed by atoms with Crippen molar-refractivity contribution in [2.24, 2.45) is 0 Å². The summed E-state index contributed by atoms with van der Waals surface area (Å²) in [7, 11) is 0. The molecule has 0 fully saturated rings. The minimum Gasteiger partial charge on any atom is 0 e. The minimum absolute atomic E-state index is 0. The predicted octanol–water partition coefficient (Wildman–Crippen LogP) is -3.58. The van der Waals surface area contributed by atoms with Crippen LogP contribution in [0.2, 0.25) is 0 Å². The molecule has 0 aromatic rings. The van der Waals surface area contributed by atoms with Crippen molar-refractivity contribution < 1.29 is 63.4 Å². The third-order valence-electron chi connectivity index (χ3n) is 2.45. The molecular weight excluding hydrogens is 370 g/mol. The van der Waals surface area contributed by atoms with Crippen molar-refractivity contribution in [1.82, 2.24) is 0 Å². The second kappa shape index (κ2) is 2.11. The third kappa shape index (κ3) is 0.644. The summed E-state index contributed by atoms with van der Waals surface area (Å²) in [6, 6.07) is 0. The Kier molecular flexibility index (Phi) is 2.07. The van der Waals surface area contributed by atoms with Crippen LogP contribution in [0.25, 0.3) is 0 Å². The van der Waals surface area contributed by atoms with Gasteiger partial charge in [0.25, 0.3) is 0 Å². The number of carbonyl (C=O) groups excluding carboxylic acids is 9. The summed E-state index contributed by atoms with van der Waals surface area (Å²) >= 11 is 0. The van der Waals surface area contributed by atoms with E-state index in [0.29, 0.717) is 0 Å². The number of hydrogen-bond donors (Lipinski definition) is 0. The van der Waals surface area contributed by atoms with E-state index < -0.39 is 3.49 Å². The molecular formula is C9Co2O9. The average Bonchev–Trinajstić information content (AvgIpc) is 2.57. The van der Waals surface area contributed by atoms with Crippen LogP contribution in [0.1, 0.15) is 0 Å². The molecule has 0 N–H and O–H groups in total. The fourth-order valence-electron chi connectivity index (χ4n) is 0.500. The zero-order chi connectivity index (χ0) is 15.7. The molecule has 0 rings (SSSR count). The van der Waals surface area contributed by atoms with Gasteiger partial charge < -0.3 is 0 Å². The Labute approximate surface area is 107 Å². The largest absolute Gasteiger partial charge is 0 e. The Morgan fingerprint density at radius 3 is 0.450 bits per heavy atom. The first-order valence-electron chi connectivity index (χ1n) is 3.34. The van der Waals surface area contributed by atoms with Gasteiger partial charge in [0, 0.05) is 16.8 Å². The number of rotatable bonds is 0.